The number of carbonyl (C=O) groups is 1. The first-order chi connectivity index (χ1) is 13.6. The Balaban J connectivity index is 0.00000205. The minimum atomic E-state index is -0.00242. The predicted octanol–water partition coefficient (Wildman–Crippen LogP) is 4.25. The van der Waals surface area contributed by atoms with E-state index in [4.69, 9.17) is 4.42 Å². The molecule has 2 N–H and O–H groups in total. The van der Waals surface area contributed by atoms with Crippen LogP contribution in [0.3, 0.4) is 0 Å². The molecule has 5 rings (SSSR count). The number of amides is 1. The van der Waals surface area contributed by atoms with E-state index in [0.717, 1.165) is 43.8 Å². The summed E-state index contributed by atoms with van der Waals surface area (Å²) in [5.41, 5.74) is 2.66. The number of aromatic amines is 1. The second-order valence-corrected chi connectivity index (χ2v) is 8.75. The lowest BCUT2D eigenvalue weighted by Crippen LogP contribution is -2.39. The van der Waals surface area contributed by atoms with Gasteiger partial charge in [0, 0.05) is 18.7 Å². The number of aromatic nitrogens is 2. The Hall–Kier alpha value is -2.09. The molecule has 0 bridgehead atoms. The molecule has 29 heavy (non-hydrogen) atoms. The molecule has 1 amide bonds. The normalized spacial score (nSPS) is 19.7. The molecule has 3 aromatic rings. The van der Waals surface area contributed by atoms with Gasteiger partial charge in [-0.15, -0.1) is 12.4 Å². The van der Waals surface area contributed by atoms with Crippen molar-refractivity contribution in [3.05, 3.63) is 52.0 Å². The molecule has 2 fully saturated rings. The summed E-state index contributed by atoms with van der Waals surface area (Å²) in [5, 5.41) is 14.9. The molecule has 0 aromatic carbocycles. The number of nitrogens with zero attached hydrogens (tertiary/aromatic N) is 2. The summed E-state index contributed by atoms with van der Waals surface area (Å²) in [5.74, 6) is 1.54. The molecule has 0 radical (unpaired) electrons. The van der Waals surface area contributed by atoms with Gasteiger partial charge >= 0.3 is 0 Å². The van der Waals surface area contributed by atoms with E-state index in [1.54, 1.807) is 17.4 Å². The Kier molecular flexibility index (Phi) is 5.55. The molecule has 8 heteroatoms. The maximum Gasteiger partial charge on any atom is 0.274 e. The summed E-state index contributed by atoms with van der Waals surface area (Å²) in [6.07, 6.45) is 3.38. The van der Waals surface area contributed by atoms with Gasteiger partial charge in [0.15, 0.2) is 11.5 Å². The number of halogens is 1. The van der Waals surface area contributed by atoms with Crippen molar-refractivity contribution in [1.29, 1.82) is 0 Å². The van der Waals surface area contributed by atoms with E-state index in [9.17, 15) is 4.79 Å². The summed E-state index contributed by atoms with van der Waals surface area (Å²) in [7, 11) is 0. The molecule has 1 saturated heterocycles. The zero-order chi connectivity index (χ0) is 19.1. The van der Waals surface area contributed by atoms with Gasteiger partial charge in [-0.05, 0) is 79.2 Å². The second-order valence-electron chi connectivity index (χ2n) is 7.97. The molecule has 1 spiro atoms. The maximum atomic E-state index is 13.4. The van der Waals surface area contributed by atoms with Crippen molar-refractivity contribution in [1.82, 2.24) is 20.4 Å². The maximum absolute atomic E-state index is 13.4. The molecule has 3 aromatic heterocycles. The minimum absolute atomic E-state index is 0. The van der Waals surface area contributed by atoms with Crippen LogP contribution in [-0.2, 0) is 6.54 Å². The monoisotopic (exact) mass is 432 g/mol. The fraction of sp³-hybridized carbons (Fsp3) is 0.429. The molecular weight excluding hydrogens is 408 g/mol. The van der Waals surface area contributed by atoms with Gasteiger partial charge in [0.05, 0.1) is 0 Å². The van der Waals surface area contributed by atoms with Crippen molar-refractivity contribution >= 4 is 29.7 Å². The summed E-state index contributed by atoms with van der Waals surface area (Å²) in [6, 6.07) is 8.01. The molecule has 2 aliphatic rings. The van der Waals surface area contributed by atoms with Crippen molar-refractivity contribution in [3.63, 3.8) is 0 Å². The summed E-state index contributed by atoms with van der Waals surface area (Å²) < 4.78 is 5.66. The van der Waals surface area contributed by atoms with Crippen LogP contribution in [0.15, 0.2) is 39.4 Å². The lowest BCUT2D eigenvalue weighted by Gasteiger charge is -2.29. The van der Waals surface area contributed by atoms with Gasteiger partial charge in [0.2, 0.25) is 0 Å². The zero-order valence-corrected chi connectivity index (χ0v) is 17.9. The minimum Gasteiger partial charge on any atom is -0.460 e. The molecular formula is C21H25ClN4O2S. The average Bonchev–Trinajstić information content (AvgIpc) is 3.22. The number of carbonyl (C=O) groups excluding carboxylic acids is 1. The zero-order valence-electron chi connectivity index (χ0n) is 16.3. The number of piperidine rings is 1. The van der Waals surface area contributed by atoms with Gasteiger partial charge < -0.3 is 14.6 Å². The van der Waals surface area contributed by atoms with Gasteiger partial charge in [-0.3, -0.25) is 9.89 Å². The van der Waals surface area contributed by atoms with Crippen LogP contribution in [0.25, 0.3) is 11.5 Å². The Bertz CT molecular complexity index is 975. The van der Waals surface area contributed by atoms with Crippen molar-refractivity contribution < 1.29 is 9.21 Å². The SMILES string of the molecule is Cc1ccc(-c2cc(C(=O)N(Cc3ccsc3)C3CC34CCNCC4)n[nH]2)o1.Cl. The molecule has 1 unspecified atom stereocenters. The first-order valence-electron chi connectivity index (χ1n) is 9.80. The molecule has 154 valence electrons. The highest BCUT2D eigenvalue weighted by Gasteiger charge is 2.58. The third-order valence-corrected chi connectivity index (χ3v) is 6.85. The van der Waals surface area contributed by atoms with Crippen molar-refractivity contribution in [2.24, 2.45) is 5.41 Å². The Morgan fingerprint density at radius 1 is 1.34 bits per heavy atom. The second kappa shape index (κ2) is 7.97. The first kappa shape index (κ1) is 20.2. The topological polar surface area (TPSA) is 74.2 Å². The Morgan fingerprint density at radius 2 is 2.17 bits per heavy atom. The van der Waals surface area contributed by atoms with Gasteiger partial charge in [0.25, 0.3) is 5.91 Å². The van der Waals surface area contributed by atoms with Crippen molar-refractivity contribution in [3.8, 4) is 11.5 Å². The third-order valence-electron chi connectivity index (χ3n) is 6.12. The lowest BCUT2D eigenvalue weighted by molar-refractivity contribution is 0.0686. The van der Waals surface area contributed by atoms with Crippen LogP contribution in [0.5, 0.6) is 0 Å². The number of thiophene rings is 1. The fourth-order valence-corrected chi connectivity index (χ4v) is 5.08. The average molecular weight is 433 g/mol. The van der Waals surface area contributed by atoms with Crippen LogP contribution >= 0.6 is 23.7 Å². The Labute approximate surface area is 180 Å². The first-order valence-corrected chi connectivity index (χ1v) is 10.7. The van der Waals surface area contributed by atoms with E-state index in [-0.39, 0.29) is 23.7 Å². The van der Waals surface area contributed by atoms with Crippen LogP contribution in [0.4, 0.5) is 0 Å². The molecule has 4 heterocycles. The standard InChI is InChI=1S/C21H24N4O2S.ClH/c1-14-2-3-18(27-14)16-10-17(24-23-16)20(26)25(12-15-4-9-28-13-15)19-11-21(19)5-7-22-8-6-21;/h2-4,9-10,13,19,22H,5-8,11-12H2,1H3,(H,23,24);1H. The lowest BCUT2D eigenvalue weighted by atomic mass is 9.93. The van der Waals surface area contributed by atoms with E-state index < -0.39 is 0 Å². The number of H-pyrrole nitrogens is 1. The number of aryl methyl sites for hydroxylation is 1. The third kappa shape index (κ3) is 3.86. The summed E-state index contributed by atoms with van der Waals surface area (Å²) in [4.78, 5) is 15.5. The van der Waals surface area contributed by atoms with Gasteiger partial charge in [-0.25, -0.2) is 0 Å². The molecule has 6 nitrogen and oxygen atoms in total. The van der Waals surface area contributed by atoms with Gasteiger partial charge in [-0.2, -0.15) is 16.4 Å². The largest absolute Gasteiger partial charge is 0.460 e. The van der Waals surface area contributed by atoms with E-state index in [1.807, 2.05) is 24.0 Å². The highest BCUT2D eigenvalue weighted by molar-refractivity contribution is 7.07. The molecule has 1 aliphatic heterocycles. The van der Waals surface area contributed by atoms with Crippen LogP contribution in [-0.4, -0.2) is 40.1 Å². The quantitative estimate of drug-likeness (QED) is 0.632. The van der Waals surface area contributed by atoms with Gasteiger partial charge in [-0.1, -0.05) is 0 Å². The number of nitrogens with one attached hydrogen (secondary N) is 2. The summed E-state index contributed by atoms with van der Waals surface area (Å²) >= 11 is 1.67. The molecule has 1 saturated carbocycles. The van der Waals surface area contributed by atoms with E-state index in [0.29, 0.717) is 24.0 Å². The van der Waals surface area contributed by atoms with Crippen LogP contribution in [0.1, 0.15) is 41.1 Å². The summed E-state index contributed by atoms with van der Waals surface area (Å²) in [6.45, 7) is 4.63. The molecule has 1 aliphatic carbocycles. The number of rotatable bonds is 5. The molecule has 1 atom stereocenters. The van der Waals surface area contributed by atoms with Crippen molar-refractivity contribution in [2.45, 2.75) is 38.8 Å². The van der Waals surface area contributed by atoms with E-state index in [2.05, 4.69) is 32.3 Å². The van der Waals surface area contributed by atoms with Gasteiger partial charge in [0.1, 0.15) is 11.5 Å². The van der Waals surface area contributed by atoms with Crippen molar-refractivity contribution in [2.75, 3.05) is 13.1 Å². The highest BCUT2D eigenvalue weighted by atomic mass is 35.5. The number of hydrogen-bond acceptors (Lipinski definition) is 5. The number of furan rings is 1. The van der Waals surface area contributed by atoms with Crippen LogP contribution < -0.4 is 5.32 Å². The van der Waals surface area contributed by atoms with Crippen LogP contribution in [0.2, 0.25) is 0 Å². The van der Waals surface area contributed by atoms with Crippen LogP contribution in [0, 0.1) is 12.3 Å². The predicted molar refractivity (Wildman–Crippen MR) is 115 cm³/mol. The highest BCUT2D eigenvalue weighted by Crippen LogP contribution is 2.56. The smallest absolute Gasteiger partial charge is 0.274 e. The number of hydrogen-bond donors (Lipinski definition) is 2. The van der Waals surface area contributed by atoms with E-state index >= 15 is 0 Å². The Morgan fingerprint density at radius 3 is 2.86 bits per heavy atom. The van der Waals surface area contributed by atoms with E-state index in [1.165, 1.54) is 5.56 Å². The fourth-order valence-electron chi connectivity index (χ4n) is 4.42.